The number of nitrogens with one attached hydrogen (secondary N) is 1. The number of amides is 1. The fraction of sp³-hybridized carbons (Fsp3) is 0.286. The average molecular weight is 586 g/mol. The molecule has 0 aliphatic carbocycles. The molecule has 2 heterocycles. The fourth-order valence-electron chi connectivity index (χ4n) is 5.13. The second kappa shape index (κ2) is 11.2. The van der Waals surface area contributed by atoms with E-state index in [0.29, 0.717) is 42.5 Å². The molecule has 12 nitrogen and oxygen atoms in total. The van der Waals surface area contributed by atoms with Crippen molar-refractivity contribution < 1.29 is 53.3 Å². The standard InChI is InChI=1S/C28H28NO11P/c30-14-16(15-38-41(35,36)37)3-1-2-10-29-26(33)17-4-7-20-23(11-17)28(40-27(20)34)21-8-5-18(31)12-24(21)39-25-13-19(32)6-9-22(25)28/h4-9,11-13,16,30-32H,1-3,10,14-15H2,(H,29,33)(H2,35,36,37). The normalized spacial score (nSPS) is 15.3. The predicted octanol–water partition coefficient (Wildman–Crippen LogP) is 3.28. The van der Waals surface area contributed by atoms with Crippen molar-refractivity contribution in [2.24, 2.45) is 5.92 Å². The van der Waals surface area contributed by atoms with Crippen molar-refractivity contribution in [1.29, 1.82) is 0 Å². The minimum atomic E-state index is -4.62. The Labute approximate surface area is 234 Å². The van der Waals surface area contributed by atoms with E-state index in [1.807, 2.05) is 0 Å². The van der Waals surface area contributed by atoms with Crippen LogP contribution in [0.1, 0.15) is 56.7 Å². The van der Waals surface area contributed by atoms with E-state index < -0.39 is 31.2 Å². The lowest BCUT2D eigenvalue weighted by Gasteiger charge is -2.36. The van der Waals surface area contributed by atoms with Crippen LogP contribution in [0.3, 0.4) is 0 Å². The summed E-state index contributed by atoms with van der Waals surface area (Å²) in [6.45, 7) is -0.270. The molecule has 0 aromatic heterocycles. The monoisotopic (exact) mass is 585 g/mol. The molecule has 3 aromatic carbocycles. The maximum absolute atomic E-state index is 13.1. The van der Waals surface area contributed by atoms with Crippen LogP contribution in [0, 0.1) is 5.92 Å². The summed E-state index contributed by atoms with van der Waals surface area (Å²) in [6.07, 6.45) is 1.55. The first-order valence-corrected chi connectivity index (χ1v) is 14.4. The summed E-state index contributed by atoms with van der Waals surface area (Å²) in [5.74, 6) is -1.13. The first-order chi connectivity index (χ1) is 19.5. The zero-order valence-electron chi connectivity index (χ0n) is 21.6. The van der Waals surface area contributed by atoms with Crippen LogP contribution in [0.5, 0.6) is 23.0 Å². The van der Waals surface area contributed by atoms with Crippen molar-refractivity contribution in [3.8, 4) is 23.0 Å². The summed E-state index contributed by atoms with van der Waals surface area (Å²) < 4.78 is 27.3. The van der Waals surface area contributed by atoms with Crippen LogP contribution in [-0.4, -0.2) is 56.7 Å². The van der Waals surface area contributed by atoms with Crippen LogP contribution < -0.4 is 10.1 Å². The second-order valence-corrected chi connectivity index (χ2v) is 11.1. The molecule has 1 atom stereocenters. The summed E-state index contributed by atoms with van der Waals surface area (Å²) in [6, 6.07) is 13.4. The molecule has 6 N–H and O–H groups in total. The van der Waals surface area contributed by atoms with Crippen LogP contribution in [0.25, 0.3) is 0 Å². The summed E-state index contributed by atoms with van der Waals surface area (Å²) in [5.41, 5.74) is 0.347. The number of carbonyl (C=O) groups is 2. The van der Waals surface area contributed by atoms with Crippen LogP contribution in [0.2, 0.25) is 0 Å². The first-order valence-electron chi connectivity index (χ1n) is 12.8. The smallest absolute Gasteiger partial charge is 0.469 e. The van der Waals surface area contributed by atoms with Crippen LogP contribution in [0.4, 0.5) is 0 Å². The van der Waals surface area contributed by atoms with E-state index in [0.717, 1.165) is 0 Å². The number of hydrogen-bond acceptors (Lipinski definition) is 9. The molecular weight excluding hydrogens is 557 g/mol. The third kappa shape index (κ3) is 5.65. The SMILES string of the molecule is O=C(NCCCCC(CO)COP(=O)(O)O)c1ccc2c(c1)C1(OC2=O)c2ccc(O)cc2Oc2cc(O)ccc21. The van der Waals surface area contributed by atoms with Gasteiger partial charge in [0.2, 0.25) is 0 Å². The Morgan fingerprint density at radius 2 is 1.61 bits per heavy atom. The van der Waals surface area contributed by atoms with Crippen molar-refractivity contribution in [3.63, 3.8) is 0 Å². The maximum Gasteiger partial charge on any atom is 0.469 e. The van der Waals surface area contributed by atoms with Gasteiger partial charge in [-0.2, -0.15) is 0 Å². The molecule has 0 saturated heterocycles. The third-order valence-corrected chi connectivity index (χ3v) is 7.58. The molecule has 1 amide bonds. The van der Waals surface area contributed by atoms with E-state index in [9.17, 15) is 29.5 Å². The van der Waals surface area contributed by atoms with Gasteiger partial charge in [0, 0.05) is 53.5 Å². The lowest BCUT2D eigenvalue weighted by molar-refractivity contribution is 0.0224. The molecule has 0 radical (unpaired) electrons. The van der Waals surface area contributed by atoms with E-state index in [-0.39, 0.29) is 47.3 Å². The Morgan fingerprint density at radius 3 is 2.22 bits per heavy atom. The zero-order valence-corrected chi connectivity index (χ0v) is 22.5. The largest absolute Gasteiger partial charge is 0.508 e. The number of aliphatic hydroxyl groups is 1. The minimum absolute atomic E-state index is 0.0696. The highest BCUT2D eigenvalue weighted by Gasteiger charge is 2.53. The first kappa shape index (κ1) is 28.6. The Balaban J connectivity index is 1.36. The number of benzene rings is 3. The molecule has 1 unspecified atom stereocenters. The highest BCUT2D eigenvalue weighted by Crippen LogP contribution is 2.57. The van der Waals surface area contributed by atoms with Crippen molar-refractivity contribution in [2.45, 2.75) is 24.9 Å². The van der Waals surface area contributed by atoms with Crippen molar-refractivity contribution in [3.05, 3.63) is 82.4 Å². The molecule has 3 aromatic rings. The van der Waals surface area contributed by atoms with Crippen LogP contribution in [-0.2, 0) is 19.4 Å². The number of phenolic OH excluding ortho intramolecular Hbond substituents is 2. The fourth-order valence-corrected chi connectivity index (χ4v) is 5.54. The Morgan fingerprint density at radius 1 is 0.951 bits per heavy atom. The topological polar surface area (TPSA) is 192 Å². The van der Waals surface area contributed by atoms with E-state index in [2.05, 4.69) is 9.84 Å². The molecule has 216 valence electrons. The summed E-state index contributed by atoms with van der Waals surface area (Å²) in [7, 11) is -4.62. The molecule has 13 heteroatoms. The summed E-state index contributed by atoms with van der Waals surface area (Å²) in [5, 5.41) is 32.4. The molecule has 0 saturated carbocycles. The number of phosphoric ester groups is 1. The number of unbranched alkanes of at least 4 members (excludes halogenated alkanes) is 1. The van der Waals surface area contributed by atoms with Gasteiger partial charge in [-0.25, -0.2) is 9.36 Å². The van der Waals surface area contributed by atoms with Gasteiger partial charge in [-0.1, -0.05) is 6.42 Å². The summed E-state index contributed by atoms with van der Waals surface area (Å²) in [4.78, 5) is 43.8. The number of phenols is 2. The van der Waals surface area contributed by atoms with E-state index in [1.54, 1.807) is 18.2 Å². The van der Waals surface area contributed by atoms with Crippen LogP contribution in [0.15, 0.2) is 54.6 Å². The van der Waals surface area contributed by atoms with Crippen molar-refractivity contribution in [2.75, 3.05) is 19.8 Å². The Bertz CT molecular complexity index is 1500. The van der Waals surface area contributed by atoms with Gasteiger partial charge in [-0.3, -0.25) is 9.32 Å². The number of rotatable bonds is 10. The molecule has 0 bridgehead atoms. The highest BCUT2D eigenvalue weighted by atomic mass is 31.2. The van der Waals surface area contributed by atoms with Gasteiger partial charge in [0.05, 0.1) is 12.2 Å². The molecule has 2 aliphatic heterocycles. The van der Waals surface area contributed by atoms with E-state index >= 15 is 0 Å². The van der Waals surface area contributed by atoms with Gasteiger partial charge in [0.15, 0.2) is 5.60 Å². The average Bonchev–Trinajstić information content (AvgIpc) is 3.21. The molecular formula is C28H28NO11P. The summed E-state index contributed by atoms with van der Waals surface area (Å²) >= 11 is 0. The van der Waals surface area contributed by atoms with Crippen molar-refractivity contribution >= 4 is 19.7 Å². The molecule has 1 spiro atoms. The number of phosphoric acid groups is 1. The number of ether oxygens (including phenoxy) is 2. The lowest BCUT2D eigenvalue weighted by atomic mass is 9.77. The number of esters is 1. The minimum Gasteiger partial charge on any atom is -0.508 e. The van der Waals surface area contributed by atoms with Crippen molar-refractivity contribution in [1.82, 2.24) is 5.32 Å². The quantitative estimate of drug-likeness (QED) is 0.116. The maximum atomic E-state index is 13.1. The molecule has 5 rings (SSSR count). The number of fused-ring (bicyclic) bond motifs is 6. The number of hydrogen-bond donors (Lipinski definition) is 6. The number of aliphatic hydroxyl groups excluding tert-OH is 1. The van der Waals surface area contributed by atoms with Crippen LogP contribution >= 0.6 is 7.82 Å². The molecule has 2 aliphatic rings. The van der Waals surface area contributed by atoms with E-state index in [1.165, 1.54) is 36.4 Å². The Hall–Kier alpha value is -3.93. The van der Waals surface area contributed by atoms with E-state index in [4.69, 9.17) is 19.3 Å². The third-order valence-electron chi connectivity index (χ3n) is 7.10. The predicted molar refractivity (Wildman–Crippen MR) is 143 cm³/mol. The number of aromatic hydroxyl groups is 2. The Kier molecular flexibility index (Phi) is 7.78. The number of carbonyl (C=O) groups excluding carboxylic acids is 2. The second-order valence-electron chi connectivity index (χ2n) is 9.88. The lowest BCUT2D eigenvalue weighted by Crippen LogP contribution is -2.33. The van der Waals surface area contributed by atoms with Gasteiger partial charge in [-0.15, -0.1) is 0 Å². The van der Waals surface area contributed by atoms with Gasteiger partial charge >= 0.3 is 13.8 Å². The molecule has 0 fully saturated rings. The van der Waals surface area contributed by atoms with Gasteiger partial charge in [0.1, 0.15) is 23.0 Å². The van der Waals surface area contributed by atoms with Gasteiger partial charge < -0.3 is 39.9 Å². The zero-order chi connectivity index (χ0) is 29.4. The van der Waals surface area contributed by atoms with Gasteiger partial charge in [0.25, 0.3) is 5.91 Å². The molecule has 41 heavy (non-hydrogen) atoms. The highest BCUT2D eigenvalue weighted by molar-refractivity contribution is 7.46. The van der Waals surface area contributed by atoms with Gasteiger partial charge in [-0.05, 0) is 55.3 Å².